The van der Waals surface area contributed by atoms with E-state index in [1.54, 1.807) is 6.07 Å². The largest absolute Gasteiger partial charge is 0.493 e. The Kier molecular flexibility index (Phi) is 3.69. The van der Waals surface area contributed by atoms with Crippen LogP contribution < -0.4 is 15.6 Å². The molecule has 1 aliphatic rings. The van der Waals surface area contributed by atoms with E-state index in [-0.39, 0.29) is 11.6 Å². The van der Waals surface area contributed by atoms with Crippen molar-refractivity contribution in [3.05, 3.63) is 64.2 Å². The number of hydrogen-bond acceptors (Lipinski definition) is 4. The van der Waals surface area contributed by atoms with Gasteiger partial charge in [-0.25, -0.2) is 4.98 Å². The maximum absolute atomic E-state index is 12.2. The molecule has 0 spiro atoms. The summed E-state index contributed by atoms with van der Waals surface area (Å²) in [6.07, 6.45) is 2.08. The smallest absolute Gasteiger partial charge is 0.258 e. The number of nitrogens with zero attached hydrogens (tertiary/aromatic N) is 1. The van der Waals surface area contributed by atoms with Gasteiger partial charge in [0, 0.05) is 5.69 Å². The van der Waals surface area contributed by atoms with Crippen molar-refractivity contribution < 1.29 is 4.74 Å². The van der Waals surface area contributed by atoms with E-state index in [0.717, 1.165) is 30.9 Å². The van der Waals surface area contributed by atoms with Gasteiger partial charge < -0.3 is 15.0 Å². The molecule has 5 heteroatoms. The van der Waals surface area contributed by atoms with Gasteiger partial charge in [-0.15, -0.1) is 0 Å². The van der Waals surface area contributed by atoms with Crippen molar-refractivity contribution >= 4 is 16.6 Å². The molecule has 2 heterocycles. The molecule has 0 amide bonds. The predicted octanol–water partition coefficient (Wildman–Crippen LogP) is 3.42. The topological polar surface area (TPSA) is 67.0 Å². The van der Waals surface area contributed by atoms with E-state index in [1.165, 1.54) is 5.56 Å². The van der Waals surface area contributed by atoms with Crippen LogP contribution in [0.5, 0.6) is 5.75 Å². The minimum absolute atomic E-state index is 0.107. The Morgan fingerprint density at radius 3 is 3.04 bits per heavy atom. The lowest BCUT2D eigenvalue weighted by atomic mass is 10.1. The minimum Gasteiger partial charge on any atom is -0.493 e. The van der Waals surface area contributed by atoms with E-state index in [0.29, 0.717) is 16.7 Å². The second-order valence-corrected chi connectivity index (χ2v) is 6.11. The molecular formula is C19H19N3O2. The highest BCUT2D eigenvalue weighted by Gasteiger charge is 2.14. The van der Waals surface area contributed by atoms with Crippen LogP contribution in [-0.4, -0.2) is 16.6 Å². The molecule has 1 atom stereocenters. The average Bonchev–Trinajstić information content (AvgIpc) is 2.61. The Hall–Kier alpha value is -2.82. The third-order valence-corrected chi connectivity index (χ3v) is 4.33. The monoisotopic (exact) mass is 321 g/mol. The number of benzene rings is 2. The molecule has 0 saturated heterocycles. The first kappa shape index (κ1) is 14.8. The number of aromatic nitrogens is 2. The molecule has 0 aliphatic carbocycles. The molecule has 4 rings (SSSR count). The summed E-state index contributed by atoms with van der Waals surface area (Å²) in [4.78, 5) is 19.7. The first-order valence-electron chi connectivity index (χ1n) is 8.22. The highest BCUT2D eigenvalue weighted by atomic mass is 16.5. The van der Waals surface area contributed by atoms with Crippen LogP contribution in [0.15, 0.2) is 47.3 Å². The summed E-state index contributed by atoms with van der Waals surface area (Å²) in [5.74, 6) is 1.60. The molecule has 24 heavy (non-hydrogen) atoms. The van der Waals surface area contributed by atoms with Gasteiger partial charge in [-0.2, -0.15) is 0 Å². The van der Waals surface area contributed by atoms with Gasteiger partial charge in [0.15, 0.2) is 0 Å². The van der Waals surface area contributed by atoms with E-state index in [4.69, 9.17) is 4.74 Å². The van der Waals surface area contributed by atoms with Crippen molar-refractivity contribution in [2.45, 2.75) is 25.8 Å². The van der Waals surface area contributed by atoms with Crippen LogP contribution in [0, 0.1) is 0 Å². The van der Waals surface area contributed by atoms with Crippen molar-refractivity contribution in [1.29, 1.82) is 0 Å². The molecule has 0 bridgehead atoms. The number of rotatable bonds is 3. The van der Waals surface area contributed by atoms with Gasteiger partial charge in [0.25, 0.3) is 5.56 Å². The van der Waals surface area contributed by atoms with Crippen LogP contribution in [0.1, 0.15) is 30.8 Å². The summed E-state index contributed by atoms with van der Waals surface area (Å²) in [7, 11) is 0. The van der Waals surface area contributed by atoms with Crippen molar-refractivity contribution in [2.75, 3.05) is 11.9 Å². The maximum atomic E-state index is 12.2. The van der Waals surface area contributed by atoms with Crippen LogP contribution in [0.4, 0.5) is 5.69 Å². The van der Waals surface area contributed by atoms with Crippen molar-refractivity contribution in [1.82, 2.24) is 9.97 Å². The molecule has 122 valence electrons. The number of H-pyrrole nitrogens is 1. The van der Waals surface area contributed by atoms with Crippen LogP contribution >= 0.6 is 0 Å². The van der Waals surface area contributed by atoms with Gasteiger partial charge in [-0.1, -0.05) is 12.1 Å². The van der Waals surface area contributed by atoms with Gasteiger partial charge in [0.2, 0.25) is 0 Å². The zero-order valence-corrected chi connectivity index (χ0v) is 13.5. The molecule has 2 N–H and O–H groups in total. The SMILES string of the molecule is C[C@H](Nc1ccc2c(c1)CCCO2)c1nc2ccccc2c(=O)[nH]1. The number of nitrogens with one attached hydrogen (secondary N) is 2. The fraction of sp³-hybridized carbons (Fsp3) is 0.263. The molecule has 1 aromatic heterocycles. The second-order valence-electron chi connectivity index (χ2n) is 6.11. The van der Waals surface area contributed by atoms with Gasteiger partial charge in [0.1, 0.15) is 11.6 Å². The summed E-state index contributed by atoms with van der Waals surface area (Å²) < 4.78 is 5.64. The lowest BCUT2D eigenvalue weighted by Crippen LogP contribution is -2.18. The summed E-state index contributed by atoms with van der Waals surface area (Å²) >= 11 is 0. The molecule has 0 radical (unpaired) electrons. The molecule has 0 fully saturated rings. The van der Waals surface area contributed by atoms with E-state index in [1.807, 2.05) is 37.3 Å². The van der Waals surface area contributed by atoms with Crippen LogP contribution in [0.2, 0.25) is 0 Å². The highest BCUT2D eigenvalue weighted by Crippen LogP contribution is 2.28. The van der Waals surface area contributed by atoms with Gasteiger partial charge in [0.05, 0.1) is 23.6 Å². The summed E-state index contributed by atoms with van der Waals surface area (Å²) in [5, 5.41) is 4.02. The van der Waals surface area contributed by atoms with Crippen LogP contribution in [0.3, 0.4) is 0 Å². The van der Waals surface area contributed by atoms with E-state index < -0.39 is 0 Å². The van der Waals surface area contributed by atoms with Crippen molar-refractivity contribution in [2.24, 2.45) is 0 Å². The number of aryl methyl sites for hydroxylation is 1. The number of ether oxygens (including phenoxy) is 1. The summed E-state index contributed by atoms with van der Waals surface area (Å²) in [5.41, 5.74) is 2.83. The average molecular weight is 321 g/mol. The Bertz CT molecular complexity index is 949. The molecule has 1 aliphatic heterocycles. The molecule has 0 saturated carbocycles. The summed E-state index contributed by atoms with van der Waals surface area (Å²) in [6, 6.07) is 13.4. The maximum Gasteiger partial charge on any atom is 0.258 e. The fourth-order valence-electron chi connectivity index (χ4n) is 3.08. The first-order valence-corrected chi connectivity index (χ1v) is 8.22. The van der Waals surface area contributed by atoms with E-state index in [9.17, 15) is 4.79 Å². The number of fused-ring (bicyclic) bond motifs is 2. The third-order valence-electron chi connectivity index (χ3n) is 4.33. The fourth-order valence-corrected chi connectivity index (χ4v) is 3.08. The lowest BCUT2D eigenvalue weighted by molar-refractivity contribution is 0.288. The quantitative estimate of drug-likeness (QED) is 0.775. The second kappa shape index (κ2) is 6.00. The minimum atomic E-state index is -0.108. The standard InChI is InChI=1S/C19H19N3O2/c1-12(18-21-16-7-3-2-6-15(16)19(23)22-18)20-14-8-9-17-13(11-14)5-4-10-24-17/h2-3,6-9,11-12,20H,4-5,10H2,1H3,(H,21,22,23)/t12-/m0/s1. The van der Waals surface area contributed by atoms with Gasteiger partial charge in [-0.3, -0.25) is 4.79 Å². The Labute approximate surface area is 139 Å². The molecule has 3 aromatic rings. The van der Waals surface area contributed by atoms with E-state index >= 15 is 0 Å². The normalized spacial score (nSPS) is 14.7. The third kappa shape index (κ3) is 2.73. The van der Waals surface area contributed by atoms with Gasteiger partial charge in [-0.05, 0) is 55.7 Å². The van der Waals surface area contributed by atoms with Crippen LogP contribution in [-0.2, 0) is 6.42 Å². The Morgan fingerprint density at radius 1 is 1.25 bits per heavy atom. The molecule has 5 nitrogen and oxygen atoms in total. The van der Waals surface area contributed by atoms with Crippen LogP contribution in [0.25, 0.3) is 10.9 Å². The van der Waals surface area contributed by atoms with Crippen molar-refractivity contribution in [3.8, 4) is 5.75 Å². The van der Waals surface area contributed by atoms with E-state index in [2.05, 4.69) is 21.4 Å². The molecule has 2 aromatic carbocycles. The zero-order valence-electron chi connectivity index (χ0n) is 13.5. The number of para-hydroxylation sites is 1. The Balaban J connectivity index is 1.62. The first-order chi connectivity index (χ1) is 11.7. The zero-order chi connectivity index (χ0) is 16.5. The number of aromatic amines is 1. The highest BCUT2D eigenvalue weighted by molar-refractivity contribution is 5.77. The molecular weight excluding hydrogens is 302 g/mol. The van der Waals surface area contributed by atoms with Gasteiger partial charge >= 0.3 is 0 Å². The number of hydrogen-bond donors (Lipinski definition) is 2. The lowest BCUT2D eigenvalue weighted by Gasteiger charge is -2.20. The summed E-state index contributed by atoms with van der Waals surface area (Å²) in [6.45, 7) is 2.78. The molecule has 0 unspecified atom stereocenters. The van der Waals surface area contributed by atoms with Crippen molar-refractivity contribution in [3.63, 3.8) is 0 Å². The number of anilines is 1. The Morgan fingerprint density at radius 2 is 2.12 bits per heavy atom. The predicted molar refractivity (Wildman–Crippen MR) is 94.7 cm³/mol.